The minimum atomic E-state index is -0.232. The normalized spacial score (nSPS) is 17.2. The zero-order chi connectivity index (χ0) is 18.0. The van der Waals surface area contributed by atoms with Gasteiger partial charge in [0.2, 0.25) is 0 Å². The summed E-state index contributed by atoms with van der Waals surface area (Å²) in [6.07, 6.45) is 1.76. The van der Waals surface area contributed by atoms with Gasteiger partial charge in [-0.2, -0.15) is 0 Å². The van der Waals surface area contributed by atoms with E-state index in [1.165, 1.54) is 11.8 Å². The molecule has 8 heteroatoms. The third-order valence-corrected chi connectivity index (χ3v) is 5.22. The quantitative estimate of drug-likeness (QED) is 0.605. The van der Waals surface area contributed by atoms with Crippen LogP contribution in [0.5, 0.6) is 5.75 Å². The van der Waals surface area contributed by atoms with Crippen molar-refractivity contribution < 1.29 is 9.53 Å². The standard InChI is InChI=1S/C17H11BrCl2N2O2S/c1-24-14-5-2-10(18)6-9(14)7-15-16(23)22-17(25-15)21-13-8-11(19)3-4-12(13)20/h2-8H,1H3,(H,21,22,23)/b15-7+. The van der Waals surface area contributed by atoms with Crippen LogP contribution in [-0.4, -0.2) is 18.2 Å². The van der Waals surface area contributed by atoms with Crippen molar-refractivity contribution in [2.24, 2.45) is 4.99 Å². The summed E-state index contributed by atoms with van der Waals surface area (Å²) < 4.78 is 6.22. The highest BCUT2D eigenvalue weighted by molar-refractivity contribution is 9.10. The molecule has 0 atom stereocenters. The number of carbonyl (C=O) groups excluding carboxylic acids is 1. The van der Waals surface area contributed by atoms with E-state index in [0.717, 1.165) is 10.0 Å². The molecule has 0 aromatic heterocycles. The van der Waals surface area contributed by atoms with Crippen LogP contribution in [0, 0.1) is 0 Å². The lowest BCUT2D eigenvalue weighted by molar-refractivity contribution is -0.115. The number of methoxy groups -OCH3 is 1. The lowest BCUT2D eigenvalue weighted by atomic mass is 10.2. The summed E-state index contributed by atoms with van der Waals surface area (Å²) in [6, 6.07) is 10.6. The van der Waals surface area contributed by atoms with E-state index in [1.54, 1.807) is 31.4 Å². The number of amides is 1. The van der Waals surface area contributed by atoms with Crippen LogP contribution in [0.25, 0.3) is 6.08 Å². The molecule has 4 nitrogen and oxygen atoms in total. The Morgan fingerprint density at radius 3 is 2.80 bits per heavy atom. The molecule has 1 amide bonds. The summed E-state index contributed by atoms with van der Waals surface area (Å²) in [4.78, 5) is 17.1. The second-order valence-corrected chi connectivity index (χ2v) is 7.75. The number of thioether (sulfide) groups is 1. The molecular weight excluding hydrogens is 447 g/mol. The lowest BCUT2D eigenvalue weighted by Gasteiger charge is -2.05. The van der Waals surface area contributed by atoms with Gasteiger partial charge in [0.05, 0.1) is 22.7 Å². The highest BCUT2D eigenvalue weighted by atomic mass is 79.9. The summed E-state index contributed by atoms with van der Waals surface area (Å²) >= 11 is 16.7. The Balaban J connectivity index is 1.92. The Hall–Kier alpha value is -1.47. The van der Waals surface area contributed by atoms with Crippen molar-refractivity contribution in [3.8, 4) is 5.75 Å². The van der Waals surface area contributed by atoms with Crippen molar-refractivity contribution >= 4 is 73.7 Å². The number of rotatable bonds is 3. The minimum absolute atomic E-state index is 0.232. The molecule has 25 heavy (non-hydrogen) atoms. The first-order chi connectivity index (χ1) is 12.0. The maximum Gasteiger partial charge on any atom is 0.264 e. The van der Waals surface area contributed by atoms with Crippen LogP contribution in [0.3, 0.4) is 0 Å². The van der Waals surface area contributed by atoms with Gasteiger partial charge in [-0.05, 0) is 54.2 Å². The fourth-order valence-electron chi connectivity index (χ4n) is 2.12. The zero-order valence-electron chi connectivity index (χ0n) is 12.8. The summed E-state index contributed by atoms with van der Waals surface area (Å²) in [6.45, 7) is 0. The third-order valence-electron chi connectivity index (χ3n) is 3.26. The molecule has 1 saturated heterocycles. The molecule has 0 unspecified atom stereocenters. The third kappa shape index (κ3) is 4.39. The molecule has 0 spiro atoms. The number of nitrogens with zero attached hydrogens (tertiary/aromatic N) is 1. The maximum atomic E-state index is 12.2. The summed E-state index contributed by atoms with van der Waals surface area (Å²) in [5, 5.41) is 4.14. The van der Waals surface area contributed by atoms with Crippen molar-refractivity contribution in [2.75, 3.05) is 7.11 Å². The number of aliphatic imine (C=N–C) groups is 1. The fourth-order valence-corrected chi connectivity index (χ4v) is 3.65. The minimum Gasteiger partial charge on any atom is -0.496 e. The van der Waals surface area contributed by atoms with Crippen molar-refractivity contribution in [1.82, 2.24) is 5.32 Å². The van der Waals surface area contributed by atoms with Gasteiger partial charge in [0.25, 0.3) is 5.91 Å². The number of nitrogens with one attached hydrogen (secondary N) is 1. The number of ether oxygens (including phenoxy) is 1. The Morgan fingerprint density at radius 2 is 2.04 bits per heavy atom. The molecule has 1 aliphatic heterocycles. The van der Waals surface area contributed by atoms with Crippen LogP contribution in [0.2, 0.25) is 10.0 Å². The zero-order valence-corrected chi connectivity index (χ0v) is 16.8. The molecule has 1 N–H and O–H groups in total. The molecule has 3 rings (SSSR count). The van der Waals surface area contributed by atoms with Crippen LogP contribution in [-0.2, 0) is 4.79 Å². The number of carbonyl (C=O) groups is 1. The van der Waals surface area contributed by atoms with Crippen LogP contribution in [0.15, 0.2) is 50.8 Å². The molecule has 1 heterocycles. The van der Waals surface area contributed by atoms with E-state index in [-0.39, 0.29) is 5.91 Å². The predicted molar refractivity (Wildman–Crippen MR) is 108 cm³/mol. The van der Waals surface area contributed by atoms with Gasteiger partial charge in [0, 0.05) is 15.1 Å². The Bertz CT molecular complexity index is 916. The molecule has 0 saturated carbocycles. The van der Waals surface area contributed by atoms with Crippen molar-refractivity contribution in [3.63, 3.8) is 0 Å². The Labute approximate surface area is 167 Å². The fraction of sp³-hybridized carbons (Fsp3) is 0.0588. The molecular formula is C17H11BrCl2N2O2S. The van der Waals surface area contributed by atoms with Gasteiger partial charge in [-0.3, -0.25) is 4.79 Å². The number of halogens is 3. The van der Waals surface area contributed by atoms with E-state index in [2.05, 4.69) is 26.2 Å². The molecule has 2 aromatic rings. The summed E-state index contributed by atoms with van der Waals surface area (Å²) in [5.74, 6) is 0.441. The second-order valence-electron chi connectivity index (χ2n) is 4.96. The Kier molecular flexibility index (Phi) is 5.74. The average molecular weight is 458 g/mol. The van der Waals surface area contributed by atoms with Gasteiger partial charge >= 0.3 is 0 Å². The summed E-state index contributed by atoms with van der Waals surface area (Å²) in [7, 11) is 1.58. The van der Waals surface area contributed by atoms with Gasteiger partial charge < -0.3 is 10.1 Å². The largest absolute Gasteiger partial charge is 0.496 e. The highest BCUT2D eigenvalue weighted by Crippen LogP contribution is 2.34. The molecule has 0 bridgehead atoms. The molecule has 0 aliphatic carbocycles. The monoisotopic (exact) mass is 456 g/mol. The molecule has 0 radical (unpaired) electrons. The van der Waals surface area contributed by atoms with Crippen molar-refractivity contribution in [2.45, 2.75) is 0 Å². The predicted octanol–water partition coefficient (Wildman–Crippen LogP) is 5.66. The SMILES string of the molecule is COc1ccc(Br)cc1/C=C1/SC(=Nc2cc(Cl)ccc2Cl)NC1=O. The van der Waals surface area contributed by atoms with Crippen molar-refractivity contribution in [3.05, 3.63) is 61.4 Å². The number of hydrogen-bond donors (Lipinski definition) is 1. The van der Waals surface area contributed by atoms with Crippen LogP contribution in [0.4, 0.5) is 5.69 Å². The average Bonchev–Trinajstić information content (AvgIpc) is 2.91. The smallest absolute Gasteiger partial charge is 0.264 e. The number of hydrogen-bond acceptors (Lipinski definition) is 4. The van der Waals surface area contributed by atoms with E-state index in [0.29, 0.717) is 31.6 Å². The van der Waals surface area contributed by atoms with E-state index >= 15 is 0 Å². The van der Waals surface area contributed by atoms with E-state index in [4.69, 9.17) is 27.9 Å². The van der Waals surface area contributed by atoms with E-state index in [9.17, 15) is 4.79 Å². The maximum absolute atomic E-state index is 12.2. The summed E-state index contributed by atoms with van der Waals surface area (Å²) in [5.41, 5.74) is 1.29. The van der Waals surface area contributed by atoms with E-state index < -0.39 is 0 Å². The first-order valence-electron chi connectivity index (χ1n) is 7.04. The van der Waals surface area contributed by atoms with Crippen LogP contribution >= 0.6 is 50.9 Å². The second kappa shape index (κ2) is 7.83. The molecule has 2 aromatic carbocycles. The van der Waals surface area contributed by atoms with Crippen LogP contribution in [0.1, 0.15) is 5.56 Å². The lowest BCUT2D eigenvalue weighted by Crippen LogP contribution is -2.19. The van der Waals surface area contributed by atoms with Gasteiger partial charge in [0.15, 0.2) is 5.17 Å². The highest BCUT2D eigenvalue weighted by Gasteiger charge is 2.24. The topological polar surface area (TPSA) is 50.7 Å². The van der Waals surface area contributed by atoms with Gasteiger partial charge in [-0.15, -0.1) is 0 Å². The molecule has 1 fully saturated rings. The Morgan fingerprint density at radius 1 is 1.24 bits per heavy atom. The van der Waals surface area contributed by atoms with Gasteiger partial charge in [-0.25, -0.2) is 4.99 Å². The first-order valence-corrected chi connectivity index (χ1v) is 9.41. The number of amidine groups is 1. The molecule has 1 aliphatic rings. The van der Waals surface area contributed by atoms with Gasteiger partial charge in [-0.1, -0.05) is 39.1 Å². The van der Waals surface area contributed by atoms with Crippen molar-refractivity contribution in [1.29, 1.82) is 0 Å². The van der Waals surface area contributed by atoms with E-state index in [1.807, 2.05) is 18.2 Å². The van der Waals surface area contributed by atoms with Gasteiger partial charge in [0.1, 0.15) is 5.75 Å². The number of benzene rings is 2. The van der Waals surface area contributed by atoms with Crippen LogP contribution < -0.4 is 10.1 Å². The molecule has 128 valence electrons. The first kappa shape index (κ1) is 18.3.